The minimum absolute atomic E-state index is 0.0265. The lowest BCUT2D eigenvalue weighted by Gasteiger charge is -2.16. The van der Waals surface area contributed by atoms with Crippen molar-refractivity contribution < 1.29 is 8.42 Å². The average molecular weight is 326 g/mol. The number of sulfonamides is 1. The fraction of sp³-hybridized carbons (Fsp3) is 0.214. The van der Waals surface area contributed by atoms with Gasteiger partial charge in [-0.25, -0.2) is 18.1 Å². The highest BCUT2D eigenvalue weighted by Crippen LogP contribution is 2.22. The Morgan fingerprint density at radius 1 is 1.24 bits per heavy atom. The van der Waals surface area contributed by atoms with Gasteiger partial charge in [0.25, 0.3) is 10.0 Å². The lowest BCUT2D eigenvalue weighted by atomic mass is 10.1. The summed E-state index contributed by atoms with van der Waals surface area (Å²) in [4.78, 5) is 3.95. The average Bonchev–Trinajstić information content (AvgIpc) is 2.46. The molecule has 7 heteroatoms. The largest absolute Gasteiger partial charge is 0.386 e. The summed E-state index contributed by atoms with van der Waals surface area (Å²) in [5.41, 5.74) is 1.23. The first-order valence-corrected chi connectivity index (χ1v) is 8.20. The third-order valence-corrected chi connectivity index (χ3v) is 4.71. The predicted octanol–water partition coefficient (Wildman–Crippen LogP) is 2.82. The molecule has 1 unspecified atom stereocenters. The summed E-state index contributed by atoms with van der Waals surface area (Å²) < 4.78 is 27.5. The lowest BCUT2D eigenvalue weighted by molar-refractivity contribution is 0.563. The molecule has 112 valence electrons. The minimum atomic E-state index is -3.73. The maximum Gasteiger partial charge on any atom is 0.260 e. The van der Waals surface area contributed by atoms with Gasteiger partial charge in [-0.05, 0) is 36.8 Å². The summed E-state index contributed by atoms with van der Waals surface area (Å²) in [5.74, 6) is 0. The number of rotatable bonds is 5. The van der Waals surface area contributed by atoms with Crippen LogP contribution in [-0.4, -0.2) is 20.4 Å². The van der Waals surface area contributed by atoms with Gasteiger partial charge in [0.05, 0.1) is 5.69 Å². The molecule has 0 saturated carbocycles. The van der Waals surface area contributed by atoms with E-state index in [4.69, 9.17) is 11.6 Å². The van der Waals surface area contributed by atoms with E-state index in [0.29, 0.717) is 10.7 Å². The van der Waals surface area contributed by atoms with Gasteiger partial charge in [-0.1, -0.05) is 23.7 Å². The van der Waals surface area contributed by atoms with E-state index in [1.807, 2.05) is 6.07 Å². The van der Waals surface area contributed by atoms with Crippen molar-refractivity contribution in [3.8, 4) is 0 Å². The van der Waals surface area contributed by atoms with Crippen LogP contribution in [0.5, 0.6) is 0 Å². The molecule has 1 aromatic heterocycles. The smallest absolute Gasteiger partial charge is 0.260 e. The van der Waals surface area contributed by atoms with Gasteiger partial charge in [0, 0.05) is 24.3 Å². The van der Waals surface area contributed by atoms with Crippen molar-refractivity contribution in [3.63, 3.8) is 0 Å². The Kier molecular flexibility index (Phi) is 4.82. The zero-order chi connectivity index (χ0) is 15.5. The van der Waals surface area contributed by atoms with Crippen LogP contribution in [0.15, 0.2) is 47.6 Å². The first kappa shape index (κ1) is 15.8. The number of benzene rings is 1. The van der Waals surface area contributed by atoms with E-state index in [2.05, 4.69) is 15.0 Å². The summed E-state index contributed by atoms with van der Waals surface area (Å²) in [7, 11) is -2.08. The van der Waals surface area contributed by atoms with Gasteiger partial charge in [0.2, 0.25) is 0 Å². The fourth-order valence-electron chi connectivity index (χ4n) is 1.93. The van der Waals surface area contributed by atoms with Gasteiger partial charge in [0.1, 0.15) is 0 Å². The highest BCUT2D eigenvalue weighted by molar-refractivity contribution is 7.89. The Bertz CT molecular complexity index is 735. The number of hydrogen-bond donors (Lipinski definition) is 2. The fourth-order valence-corrected chi connectivity index (χ4v) is 3.50. The topological polar surface area (TPSA) is 71.1 Å². The van der Waals surface area contributed by atoms with Crippen LogP contribution in [0.25, 0.3) is 0 Å². The molecule has 2 rings (SSSR count). The van der Waals surface area contributed by atoms with Gasteiger partial charge >= 0.3 is 0 Å². The summed E-state index contributed by atoms with van der Waals surface area (Å²) in [6, 6.07) is 9.98. The number of nitrogens with one attached hydrogen (secondary N) is 2. The van der Waals surface area contributed by atoms with E-state index >= 15 is 0 Å². The lowest BCUT2D eigenvalue weighted by Crippen LogP contribution is -2.28. The van der Waals surface area contributed by atoms with Crippen LogP contribution in [0.2, 0.25) is 5.02 Å². The molecule has 2 aromatic rings. The third kappa shape index (κ3) is 3.72. The summed E-state index contributed by atoms with van der Waals surface area (Å²) in [5, 5.41) is 3.36. The van der Waals surface area contributed by atoms with Gasteiger partial charge in [-0.3, -0.25) is 0 Å². The monoisotopic (exact) mass is 325 g/mol. The second kappa shape index (κ2) is 6.43. The predicted molar refractivity (Wildman–Crippen MR) is 84.0 cm³/mol. The van der Waals surface area contributed by atoms with Crippen molar-refractivity contribution in [1.82, 2.24) is 9.71 Å². The highest BCUT2D eigenvalue weighted by Gasteiger charge is 2.22. The SMILES string of the molecule is CNc1cccnc1S(=O)(=O)NC(C)c1cccc(Cl)c1. The summed E-state index contributed by atoms with van der Waals surface area (Å²) >= 11 is 5.93. The van der Waals surface area contributed by atoms with E-state index < -0.39 is 16.1 Å². The van der Waals surface area contributed by atoms with Crippen molar-refractivity contribution in [2.75, 3.05) is 12.4 Å². The molecular weight excluding hydrogens is 310 g/mol. The van der Waals surface area contributed by atoms with E-state index in [0.717, 1.165) is 5.56 Å². The molecule has 0 amide bonds. The van der Waals surface area contributed by atoms with Crippen molar-refractivity contribution in [2.45, 2.75) is 18.0 Å². The van der Waals surface area contributed by atoms with Crippen molar-refractivity contribution in [1.29, 1.82) is 0 Å². The number of anilines is 1. The third-order valence-electron chi connectivity index (χ3n) is 2.98. The Hall–Kier alpha value is -1.63. The molecule has 0 radical (unpaired) electrons. The number of aromatic nitrogens is 1. The molecule has 1 atom stereocenters. The van der Waals surface area contributed by atoms with Crippen LogP contribution in [0.3, 0.4) is 0 Å². The molecule has 0 saturated heterocycles. The zero-order valence-corrected chi connectivity index (χ0v) is 13.2. The molecule has 1 heterocycles. The quantitative estimate of drug-likeness (QED) is 0.886. The van der Waals surface area contributed by atoms with Crippen LogP contribution in [0.1, 0.15) is 18.5 Å². The van der Waals surface area contributed by atoms with Gasteiger partial charge in [-0.2, -0.15) is 0 Å². The van der Waals surface area contributed by atoms with Crippen LogP contribution in [-0.2, 0) is 10.0 Å². The molecule has 2 N–H and O–H groups in total. The molecular formula is C14H16ClN3O2S. The van der Waals surface area contributed by atoms with E-state index in [9.17, 15) is 8.42 Å². The molecule has 0 fully saturated rings. The van der Waals surface area contributed by atoms with Crippen molar-refractivity contribution in [3.05, 3.63) is 53.2 Å². The summed E-state index contributed by atoms with van der Waals surface area (Å²) in [6.07, 6.45) is 1.44. The maximum atomic E-state index is 12.4. The Morgan fingerprint density at radius 2 is 2.00 bits per heavy atom. The molecule has 0 bridgehead atoms. The highest BCUT2D eigenvalue weighted by atomic mass is 35.5. The second-order valence-electron chi connectivity index (χ2n) is 4.50. The first-order valence-electron chi connectivity index (χ1n) is 6.34. The standard InChI is InChI=1S/C14H16ClN3O2S/c1-10(11-5-3-6-12(15)9-11)18-21(19,20)14-13(16-2)7-4-8-17-14/h3-10,16,18H,1-2H3. The molecule has 21 heavy (non-hydrogen) atoms. The van der Waals surface area contributed by atoms with E-state index in [1.165, 1.54) is 6.20 Å². The number of hydrogen-bond acceptors (Lipinski definition) is 4. The zero-order valence-electron chi connectivity index (χ0n) is 11.7. The van der Waals surface area contributed by atoms with Crippen LogP contribution >= 0.6 is 11.6 Å². The summed E-state index contributed by atoms with van der Waals surface area (Å²) in [6.45, 7) is 1.76. The minimum Gasteiger partial charge on any atom is -0.386 e. The normalized spacial score (nSPS) is 12.9. The Balaban J connectivity index is 2.29. The number of halogens is 1. The van der Waals surface area contributed by atoms with E-state index in [1.54, 1.807) is 44.3 Å². The van der Waals surface area contributed by atoms with Crippen LogP contribution in [0, 0.1) is 0 Å². The molecule has 0 aliphatic heterocycles. The van der Waals surface area contributed by atoms with Crippen molar-refractivity contribution in [2.24, 2.45) is 0 Å². The number of nitrogens with zero attached hydrogens (tertiary/aromatic N) is 1. The van der Waals surface area contributed by atoms with Crippen LogP contribution < -0.4 is 10.0 Å². The molecule has 1 aromatic carbocycles. The van der Waals surface area contributed by atoms with Gasteiger partial charge < -0.3 is 5.32 Å². The van der Waals surface area contributed by atoms with Crippen LogP contribution in [0.4, 0.5) is 5.69 Å². The Morgan fingerprint density at radius 3 is 2.67 bits per heavy atom. The molecule has 0 aliphatic carbocycles. The van der Waals surface area contributed by atoms with Crippen molar-refractivity contribution >= 4 is 27.3 Å². The second-order valence-corrected chi connectivity index (χ2v) is 6.57. The maximum absolute atomic E-state index is 12.4. The first-order chi connectivity index (χ1) is 9.94. The number of pyridine rings is 1. The molecule has 0 aliphatic rings. The van der Waals surface area contributed by atoms with Gasteiger partial charge in [-0.15, -0.1) is 0 Å². The molecule has 0 spiro atoms. The van der Waals surface area contributed by atoms with E-state index in [-0.39, 0.29) is 5.03 Å². The Labute approximate surface area is 129 Å². The molecule has 5 nitrogen and oxygen atoms in total. The van der Waals surface area contributed by atoms with Gasteiger partial charge in [0.15, 0.2) is 5.03 Å².